The third-order valence-electron chi connectivity index (χ3n) is 2.13. The molecule has 2 aromatic rings. The van der Waals surface area contributed by atoms with Gasteiger partial charge in [0.1, 0.15) is 6.33 Å². The molecule has 0 saturated heterocycles. The standard InChI is InChI=1S/C10H13N7O2S/c1-6(2)17-3-8(19-16-17)14-7(18)4-20-10-13-5-12-9(11)15-10/h3,5-6H,4H2,1-2H3,(H2-,11,12,13,14,15,16,18). The van der Waals surface area contributed by atoms with Gasteiger partial charge in [0.25, 0.3) is 6.20 Å². The van der Waals surface area contributed by atoms with E-state index in [1.54, 1.807) is 10.9 Å². The molecule has 0 aliphatic heterocycles. The van der Waals surface area contributed by atoms with Gasteiger partial charge in [-0.1, -0.05) is 11.8 Å². The lowest BCUT2D eigenvalue weighted by Gasteiger charge is -2.06. The number of nitrogen functional groups attached to an aromatic ring is 1. The number of nitrogens with zero attached hydrogens (tertiary/aromatic N) is 6. The fraction of sp³-hybridized carbons (Fsp3) is 0.400. The quantitative estimate of drug-likeness (QED) is 0.338. The van der Waals surface area contributed by atoms with Gasteiger partial charge in [0, 0.05) is 5.75 Å². The number of nitrogens with two attached hydrogens (primary N) is 1. The van der Waals surface area contributed by atoms with E-state index in [4.69, 9.17) is 10.3 Å². The molecule has 2 aromatic heterocycles. The van der Waals surface area contributed by atoms with Crippen LogP contribution in [0.5, 0.6) is 0 Å². The highest BCUT2D eigenvalue weighted by Crippen LogP contribution is 2.13. The van der Waals surface area contributed by atoms with Crippen LogP contribution < -0.4 is 15.5 Å². The lowest BCUT2D eigenvalue weighted by Crippen LogP contribution is -2.36. The number of aromatic nitrogens is 5. The van der Waals surface area contributed by atoms with E-state index in [0.29, 0.717) is 5.16 Å². The Kier molecular flexibility index (Phi) is 4.45. The Morgan fingerprint density at radius 1 is 1.55 bits per heavy atom. The smallest absolute Gasteiger partial charge is 0.320 e. The van der Waals surface area contributed by atoms with Gasteiger partial charge in [-0.2, -0.15) is 4.98 Å². The zero-order valence-corrected chi connectivity index (χ0v) is 11.7. The molecule has 2 N–H and O–H groups in total. The molecule has 0 unspecified atom stereocenters. The van der Waals surface area contributed by atoms with E-state index in [2.05, 4.69) is 25.2 Å². The van der Waals surface area contributed by atoms with Crippen molar-refractivity contribution in [1.29, 1.82) is 0 Å². The first-order valence-electron chi connectivity index (χ1n) is 5.74. The maximum Gasteiger partial charge on any atom is 0.320 e. The minimum atomic E-state index is -0.374. The second kappa shape index (κ2) is 6.28. The number of hydrogen-bond acceptors (Lipinski definition) is 9. The van der Waals surface area contributed by atoms with Crippen LogP contribution in [0.15, 0.2) is 27.2 Å². The summed E-state index contributed by atoms with van der Waals surface area (Å²) in [6, 6.07) is 0.139. The molecule has 0 aliphatic carbocycles. The first-order valence-corrected chi connectivity index (χ1v) is 6.73. The molecule has 0 saturated carbocycles. The Balaban J connectivity index is 1.96. The monoisotopic (exact) mass is 295 g/mol. The summed E-state index contributed by atoms with van der Waals surface area (Å²) >= 11 is 1.12. The van der Waals surface area contributed by atoms with Crippen LogP contribution in [0.3, 0.4) is 0 Å². The summed E-state index contributed by atoms with van der Waals surface area (Å²) < 4.78 is 6.50. The number of hydrogen-bond donors (Lipinski definition) is 1. The van der Waals surface area contributed by atoms with E-state index in [9.17, 15) is 5.11 Å². The van der Waals surface area contributed by atoms with Crippen molar-refractivity contribution in [1.82, 2.24) is 20.2 Å². The third kappa shape index (κ3) is 3.88. The van der Waals surface area contributed by atoms with E-state index in [-0.39, 0.29) is 29.5 Å². The minimum absolute atomic E-state index is 0.0752. The predicted octanol–water partition coefficient (Wildman–Crippen LogP) is -0.507. The van der Waals surface area contributed by atoms with Gasteiger partial charge in [0.05, 0.1) is 0 Å². The highest BCUT2D eigenvalue weighted by molar-refractivity contribution is 7.99. The van der Waals surface area contributed by atoms with E-state index in [1.807, 2.05) is 13.8 Å². The van der Waals surface area contributed by atoms with Crippen molar-refractivity contribution < 1.29 is 14.3 Å². The van der Waals surface area contributed by atoms with Gasteiger partial charge in [0.2, 0.25) is 11.2 Å². The molecule has 0 aliphatic rings. The lowest BCUT2D eigenvalue weighted by atomic mass is 10.4. The zero-order valence-electron chi connectivity index (χ0n) is 10.9. The molecule has 0 radical (unpaired) electrons. The van der Waals surface area contributed by atoms with Gasteiger partial charge < -0.3 is 10.8 Å². The summed E-state index contributed by atoms with van der Waals surface area (Å²) in [7, 11) is 0. The van der Waals surface area contributed by atoms with Crippen molar-refractivity contribution in [2.45, 2.75) is 25.0 Å². The maximum absolute atomic E-state index is 11.7. The van der Waals surface area contributed by atoms with Crippen LogP contribution >= 0.6 is 11.8 Å². The second-order valence-corrected chi connectivity index (χ2v) is 4.98. The largest absolute Gasteiger partial charge is 0.861 e. The molecule has 20 heavy (non-hydrogen) atoms. The van der Waals surface area contributed by atoms with E-state index in [0.717, 1.165) is 11.8 Å². The molecule has 0 aromatic carbocycles. The summed E-state index contributed by atoms with van der Waals surface area (Å²) in [6.07, 6.45) is 2.85. The topological polar surface area (TPSA) is 130 Å². The molecule has 106 valence electrons. The average molecular weight is 295 g/mol. The molecule has 0 bridgehead atoms. The Labute approximate surface area is 118 Å². The molecule has 2 heterocycles. The third-order valence-corrected chi connectivity index (χ3v) is 2.97. The van der Waals surface area contributed by atoms with Gasteiger partial charge in [-0.25, -0.2) is 15.0 Å². The Morgan fingerprint density at radius 3 is 3.00 bits per heavy atom. The molecule has 10 heteroatoms. The fourth-order valence-electron chi connectivity index (χ4n) is 1.19. The highest BCUT2D eigenvalue weighted by atomic mass is 32.2. The van der Waals surface area contributed by atoms with Crippen LogP contribution in [0.1, 0.15) is 19.9 Å². The van der Waals surface area contributed by atoms with Crippen molar-refractivity contribution in [3.63, 3.8) is 0 Å². The van der Waals surface area contributed by atoms with Crippen molar-refractivity contribution in [3.8, 4) is 0 Å². The van der Waals surface area contributed by atoms with E-state index < -0.39 is 0 Å². The maximum atomic E-state index is 11.7. The van der Waals surface area contributed by atoms with Gasteiger partial charge in [-0.05, 0) is 24.4 Å². The minimum Gasteiger partial charge on any atom is -0.861 e. The van der Waals surface area contributed by atoms with Crippen LogP contribution in [0.2, 0.25) is 0 Å². The molecular formula is C10H13N7O2S. The number of rotatable bonds is 5. The summed E-state index contributed by atoms with van der Waals surface area (Å²) in [4.78, 5) is 15.2. The van der Waals surface area contributed by atoms with Gasteiger partial charge in [0.15, 0.2) is 11.2 Å². The molecule has 9 nitrogen and oxygen atoms in total. The lowest BCUT2D eigenvalue weighted by molar-refractivity contribution is -0.779. The number of aliphatic imine (C=N–C) groups is 1. The zero-order chi connectivity index (χ0) is 14.5. The van der Waals surface area contributed by atoms with Gasteiger partial charge >= 0.3 is 5.88 Å². The molecule has 0 amide bonds. The molecule has 2 rings (SSSR count). The van der Waals surface area contributed by atoms with Crippen molar-refractivity contribution in [3.05, 3.63) is 12.5 Å². The van der Waals surface area contributed by atoms with Crippen LogP contribution in [0.25, 0.3) is 0 Å². The molecule has 0 spiro atoms. The van der Waals surface area contributed by atoms with Crippen LogP contribution in [0.4, 0.5) is 11.8 Å². The number of anilines is 1. The first kappa shape index (κ1) is 14.2. The van der Waals surface area contributed by atoms with E-state index in [1.165, 1.54) is 6.33 Å². The Morgan fingerprint density at radius 2 is 2.35 bits per heavy atom. The summed E-state index contributed by atoms with van der Waals surface area (Å²) in [5, 5.41) is 15.8. The van der Waals surface area contributed by atoms with Crippen molar-refractivity contribution in [2.75, 3.05) is 11.5 Å². The van der Waals surface area contributed by atoms with Gasteiger partial charge in [-0.3, -0.25) is 4.52 Å². The van der Waals surface area contributed by atoms with Gasteiger partial charge in [-0.15, -0.1) is 0 Å². The van der Waals surface area contributed by atoms with Crippen LogP contribution in [0, 0.1) is 0 Å². The average Bonchev–Trinajstić information content (AvgIpc) is 2.85. The van der Waals surface area contributed by atoms with E-state index >= 15 is 0 Å². The predicted molar refractivity (Wildman–Crippen MR) is 69.1 cm³/mol. The van der Waals surface area contributed by atoms with Crippen molar-refractivity contribution in [2.24, 2.45) is 4.99 Å². The molecular weight excluding hydrogens is 282 g/mol. The highest BCUT2D eigenvalue weighted by Gasteiger charge is 2.13. The summed E-state index contributed by atoms with van der Waals surface area (Å²) in [5.74, 6) is -0.0214. The Hall–Kier alpha value is -2.23. The normalized spacial score (nSPS) is 12.1. The fourth-order valence-corrected chi connectivity index (χ4v) is 1.78. The second-order valence-electron chi connectivity index (χ2n) is 4.03. The SMILES string of the molecule is CC(C)[n+]1cc(/N=C(\[O-])CSc2ncnc(N)n2)on1. The Bertz CT molecular complexity index is 613. The summed E-state index contributed by atoms with van der Waals surface area (Å²) in [6.45, 7) is 3.88. The summed E-state index contributed by atoms with van der Waals surface area (Å²) in [5.41, 5.74) is 5.41. The van der Waals surface area contributed by atoms with Crippen LogP contribution in [-0.4, -0.2) is 31.9 Å². The molecule has 0 atom stereocenters. The van der Waals surface area contributed by atoms with Crippen LogP contribution in [-0.2, 0) is 0 Å². The number of thioether (sulfide) groups is 1. The van der Waals surface area contributed by atoms with Crippen molar-refractivity contribution >= 4 is 29.5 Å². The first-order chi connectivity index (χ1) is 9.54. The molecule has 0 fully saturated rings.